The highest BCUT2D eigenvalue weighted by Crippen LogP contribution is 2.68. The van der Waals surface area contributed by atoms with Gasteiger partial charge in [0.05, 0.1) is 13.2 Å². The molecule has 0 spiro atoms. The average molecular weight is 417 g/mol. The predicted octanol–water partition coefficient (Wildman–Crippen LogP) is 4.94. The summed E-state index contributed by atoms with van der Waals surface area (Å²) in [4.78, 5) is 25.3. The van der Waals surface area contributed by atoms with Crippen molar-refractivity contribution in [2.75, 3.05) is 7.11 Å². The number of carbonyl (C=O) groups excluding carboxylic acids is 2. The van der Waals surface area contributed by atoms with Crippen LogP contribution in [0.2, 0.25) is 0 Å². The van der Waals surface area contributed by atoms with Crippen LogP contribution in [-0.4, -0.2) is 30.1 Å². The number of hydrogen-bond donors (Lipinski definition) is 1. The van der Waals surface area contributed by atoms with Gasteiger partial charge in [-0.15, -0.1) is 0 Å². The van der Waals surface area contributed by atoms with Gasteiger partial charge in [0.2, 0.25) is 0 Å². The number of rotatable bonds is 4. The molecule has 4 aliphatic carbocycles. The summed E-state index contributed by atoms with van der Waals surface area (Å²) in [6.45, 7) is 11.4. The van der Waals surface area contributed by atoms with E-state index in [4.69, 9.17) is 4.74 Å². The molecule has 4 heteroatoms. The second-order valence-corrected chi connectivity index (χ2v) is 11.4. The molecule has 30 heavy (non-hydrogen) atoms. The van der Waals surface area contributed by atoms with Crippen LogP contribution in [-0.2, 0) is 14.3 Å². The van der Waals surface area contributed by atoms with Crippen molar-refractivity contribution in [1.82, 2.24) is 0 Å². The number of carbonyl (C=O) groups is 2. The lowest BCUT2D eigenvalue weighted by Crippen LogP contribution is -2.58. The lowest BCUT2D eigenvalue weighted by atomic mass is 9.43. The van der Waals surface area contributed by atoms with E-state index in [0.29, 0.717) is 42.3 Å². The second-order valence-electron chi connectivity index (χ2n) is 11.4. The van der Waals surface area contributed by atoms with Gasteiger partial charge in [0.1, 0.15) is 0 Å². The monoisotopic (exact) mass is 416 g/mol. The molecule has 0 bridgehead atoms. The van der Waals surface area contributed by atoms with Crippen LogP contribution in [0.15, 0.2) is 12.2 Å². The zero-order valence-electron chi connectivity index (χ0n) is 19.3. The Hall–Kier alpha value is -1.16. The van der Waals surface area contributed by atoms with Crippen molar-refractivity contribution in [3.63, 3.8) is 0 Å². The summed E-state index contributed by atoms with van der Waals surface area (Å²) in [5.41, 5.74) is 1.07. The molecule has 0 aromatic heterocycles. The fraction of sp³-hybridized carbons (Fsp3) is 0.846. The van der Waals surface area contributed by atoms with E-state index in [1.54, 1.807) is 0 Å². The molecule has 0 aliphatic heterocycles. The molecule has 0 radical (unpaired) electrons. The van der Waals surface area contributed by atoms with Crippen molar-refractivity contribution < 1.29 is 19.4 Å². The maximum absolute atomic E-state index is 13.6. The van der Waals surface area contributed by atoms with E-state index in [9.17, 15) is 14.7 Å². The number of methoxy groups -OCH3 is 1. The summed E-state index contributed by atoms with van der Waals surface area (Å²) in [7, 11) is 1.46. The minimum absolute atomic E-state index is 0.102. The van der Waals surface area contributed by atoms with E-state index < -0.39 is 0 Å². The molecule has 4 saturated carbocycles. The van der Waals surface area contributed by atoms with E-state index in [-0.39, 0.29) is 34.7 Å². The molecule has 0 heterocycles. The Morgan fingerprint density at radius 2 is 1.83 bits per heavy atom. The van der Waals surface area contributed by atoms with Gasteiger partial charge in [-0.3, -0.25) is 9.59 Å². The highest BCUT2D eigenvalue weighted by atomic mass is 16.5. The van der Waals surface area contributed by atoms with Crippen molar-refractivity contribution in [3.05, 3.63) is 12.2 Å². The van der Waals surface area contributed by atoms with Crippen LogP contribution in [0, 0.1) is 46.3 Å². The molecule has 7 unspecified atom stereocenters. The lowest BCUT2D eigenvalue weighted by molar-refractivity contribution is -0.150. The molecule has 0 amide bonds. The van der Waals surface area contributed by atoms with Crippen LogP contribution in [0.5, 0.6) is 0 Å². The second kappa shape index (κ2) is 7.76. The fourth-order valence-corrected chi connectivity index (χ4v) is 8.55. The predicted molar refractivity (Wildman–Crippen MR) is 117 cm³/mol. The van der Waals surface area contributed by atoms with Crippen LogP contribution in [0.25, 0.3) is 0 Å². The summed E-state index contributed by atoms with van der Waals surface area (Å²) in [6, 6.07) is 0. The number of hydrogen-bond acceptors (Lipinski definition) is 4. The molecule has 4 fully saturated rings. The number of ether oxygens (including phenoxy) is 1. The number of Topliss-reactive ketones (excluding diaryl/α,β-unsaturated/α-hetero) is 1. The molecule has 1 N–H and O–H groups in total. The van der Waals surface area contributed by atoms with Gasteiger partial charge >= 0.3 is 5.97 Å². The summed E-state index contributed by atoms with van der Waals surface area (Å²) in [6.07, 6.45) is 8.20. The number of aliphatic hydroxyl groups excluding tert-OH is 1. The molecule has 0 saturated heterocycles. The van der Waals surface area contributed by atoms with Crippen molar-refractivity contribution in [2.24, 2.45) is 46.3 Å². The van der Waals surface area contributed by atoms with Gasteiger partial charge in [0.15, 0.2) is 5.78 Å². The highest BCUT2D eigenvalue weighted by Gasteiger charge is 2.63. The number of aliphatic hydroxyl groups is 1. The summed E-state index contributed by atoms with van der Waals surface area (Å²) >= 11 is 0. The third-order valence-electron chi connectivity index (χ3n) is 10.3. The molecular weight excluding hydrogens is 376 g/mol. The largest absolute Gasteiger partial charge is 0.469 e. The standard InChI is InChI=1S/C26H40O4/c1-15(6-9-22(28)30-5)18-7-8-19-23-20(11-13-25(18,19)3)26(4)12-10-17(27)14-21(26)16(2)24(23)29/h15,17-21,23,27H,2,6-14H2,1,3-5H3/t15-,17-,18?,19?,20?,21?,23?,25?,26?/m1/s1. The minimum atomic E-state index is -0.287. The van der Waals surface area contributed by atoms with Crippen LogP contribution >= 0.6 is 0 Å². The smallest absolute Gasteiger partial charge is 0.305 e. The first kappa shape index (κ1) is 22.0. The summed E-state index contributed by atoms with van der Waals surface area (Å²) < 4.78 is 4.85. The molecule has 9 atom stereocenters. The minimum Gasteiger partial charge on any atom is -0.469 e. The van der Waals surface area contributed by atoms with Gasteiger partial charge in [-0.05, 0) is 97.4 Å². The van der Waals surface area contributed by atoms with Crippen molar-refractivity contribution in [2.45, 2.75) is 84.7 Å². The molecule has 4 rings (SSSR count). The van der Waals surface area contributed by atoms with Crippen molar-refractivity contribution >= 4 is 11.8 Å². The maximum atomic E-state index is 13.6. The van der Waals surface area contributed by atoms with Gasteiger partial charge in [-0.1, -0.05) is 27.4 Å². The quantitative estimate of drug-likeness (QED) is 0.521. The number of ketones is 1. The third-order valence-corrected chi connectivity index (χ3v) is 10.3. The van der Waals surface area contributed by atoms with E-state index >= 15 is 0 Å². The normalized spacial score (nSPS) is 46.6. The van der Waals surface area contributed by atoms with E-state index in [1.165, 1.54) is 13.5 Å². The Kier molecular flexibility index (Phi) is 5.70. The highest BCUT2D eigenvalue weighted by molar-refractivity contribution is 5.99. The zero-order valence-corrected chi connectivity index (χ0v) is 19.3. The Morgan fingerprint density at radius 1 is 1.17 bits per heavy atom. The summed E-state index contributed by atoms with van der Waals surface area (Å²) in [5, 5.41) is 10.3. The van der Waals surface area contributed by atoms with Crippen molar-refractivity contribution in [1.29, 1.82) is 0 Å². The third kappa shape index (κ3) is 3.20. The number of allylic oxidation sites excluding steroid dienone is 1. The fourth-order valence-electron chi connectivity index (χ4n) is 8.55. The van der Waals surface area contributed by atoms with E-state index in [0.717, 1.165) is 44.1 Å². The lowest BCUT2D eigenvalue weighted by Gasteiger charge is -2.60. The van der Waals surface area contributed by atoms with Crippen LogP contribution in [0.3, 0.4) is 0 Å². The van der Waals surface area contributed by atoms with E-state index in [1.807, 2.05) is 0 Å². The molecule has 0 aromatic rings. The summed E-state index contributed by atoms with van der Waals surface area (Å²) in [5.74, 6) is 2.31. The van der Waals surface area contributed by atoms with Crippen LogP contribution < -0.4 is 0 Å². The first-order chi connectivity index (χ1) is 14.1. The van der Waals surface area contributed by atoms with Crippen molar-refractivity contribution in [3.8, 4) is 0 Å². The topological polar surface area (TPSA) is 63.6 Å². The SMILES string of the molecule is C=C1C(=O)C2C(CCC3(C)C2CCC3[C@H](C)CCC(=O)OC)C2(C)CC[C@@H](O)CC12. The number of fused-ring (bicyclic) bond motifs is 5. The van der Waals surface area contributed by atoms with E-state index in [2.05, 4.69) is 27.4 Å². The molecule has 4 aliphatic rings. The Bertz CT molecular complexity index is 729. The zero-order chi connectivity index (χ0) is 21.8. The average Bonchev–Trinajstić information content (AvgIpc) is 3.08. The van der Waals surface area contributed by atoms with Gasteiger partial charge in [0, 0.05) is 12.3 Å². The maximum Gasteiger partial charge on any atom is 0.305 e. The van der Waals surface area contributed by atoms with Gasteiger partial charge in [-0.25, -0.2) is 0 Å². The molecule has 4 nitrogen and oxygen atoms in total. The molecular formula is C26H40O4. The van der Waals surface area contributed by atoms with Gasteiger partial charge < -0.3 is 9.84 Å². The Labute approximate surface area is 181 Å². The van der Waals surface area contributed by atoms with Gasteiger partial charge in [0.25, 0.3) is 0 Å². The first-order valence-corrected chi connectivity index (χ1v) is 12.1. The molecule has 0 aromatic carbocycles. The van der Waals surface area contributed by atoms with Crippen LogP contribution in [0.1, 0.15) is 78.6 Å². The first-order valence-electron chi connectivity index (χ1n) is 12.1. The Morgan fingerprint density at radius 3 is 2.53 bits per heavy atom. The molecule has 168 valence electrons. The van der Waals surface area contributed by atoms with Crippen LogP contribution in [0.4, 0.5) is 0 Å². The Balaban J connectivity index is 1.58. The van der Waals surface area contributed by atoms with Gasteiger partial charge in [-0.2, -0.15) is 0 Å². The number of esters is 1.